The monoisotopic (exact) mass is 321 g/mol. The molecule has 1 heterocycles. The first-order valence-corrected chi connectivity index (χ1v) is 9.70. The number of piperidine rings is 1. The lowest BCUT2D eigenvalue weighted by Gasteiger charge is -2.26. The number of nitrogens with zero attached hydrogens (tertiary/aromatic N) is 1. The molecule has 0 radical (unpaired) electrons. The summed E-state index contributed by atoms with van der Waals surface area (Å²) in [6, 6.07) is 7.20. The van der Waals surface area contributed by atoms with Crippen LogP contribution in [-0.4, -0.2) is 38.0 Å². The normalized spacial score (nSPS) is 31.8. The van der Waals surface area contributed by atoms with Crippen LogP contribution in [0.2, 0.25) is 0 Å². The molecule has 3 atom stereocenters. The van der Waals surface area contributed by atoms with Crippen molar-refractivity contribution in [1.82, 2.24) is 4.31 Å². The summed E-state index contributed by atoms with van der Waals surface area (Å²) in [6.45, 7) is 3.41. The van der Waals surface area contributed by atoms with Crippen molar-refractivity contribution >= 4 is 10.0 Å². The molecular weight excluding hydrogens is 298 g/mol. The number of benzene rings is 1. The first-order valence-electron chi connectivity index (χ1n) is 8.26. The van der Waals surface area contributed by atoms with Gasteiger partial charge in [0.15, 0.2) is 0 Å². The average molecular weight is 321 g/mol. The van der Waals surface area contributed by atoms with Gasteiger partial charge in [0, 0.05) is 19.1 Å². The zero-order valence-electron chi connectivity index (χ0n) is 12.9. The molecule has 1 aromatic carbocycles. The summed E-state index contributed by atoms with van der Waals surface area (Å²) < 4.78 is 33.6. The van der Waals surface area contributed by atoms with E-state index in [1.807, 2.05) is 19.1 Å². The Kier molecular flexibility index (Phi) is 3.55. The van der Waals surface area contributed by atoms with Crippen molar-refractivity contribution in [2.75, 3.05) is 13.2 Å². The largest absolute Gasteiger partial charge is 0.376 e. The van der Waals surface area contributed by atoms with E-state index in [1.165, 1.54) is 12.8 Å². The van der Waals surface area contributed by atoms with E-state index in [0.29, 0.717) is 17.4 Å². The van der Waals surface area contributed by atoms with Gasteiger partial charge in [0.2, 0.25) is 10.0 Å². The summed E-state index contributed by atoms with van der Waals surface area (Å²) in [5, 5.41) is 0. The fraction of sp³-hybridized carbons (Fsp3) is 0.647. The van der Waals surface area contributed by atoms with E-state index in [9.17, 15) is 8.42 Å². The molecule has 0 N–H and O–H groups in total. The van der Waals surface area contributed by atoms with Gasteiger partial charge in [-0.1, -0.05) is 17.7 Å². The SMILES string of the molecule is Cc1ccc(S(=O)(=O)N2C[C@H]3CC[C@H]2[C@@H]3OCC2CC2)cc1. The van der Waals surface area contributed by atoms with Crippen molar-refractivity contribution in [3.8, 4) is 0 Å². The third-order valence-corrected chi connectivity index (χ3v) is 7.22. The molecule has 0 spiro atoms. The predicted octanol–water partition coefficient (Wildman–Crippen LogP) is 2.57. The van der Waals surface area contributed by atoms with Gasteiger partial charge in [0.05, 0.1) is 17.0 Å². The highest BCUT2D eigenvalue weighted by Gasteiger charge is 2.52. The Morgan fingerprint density at radius 1 is 1.14 bits per heavy atom. The first kappa shape index (κ1) is 14.7. The van der Waals surface area contributed by atoms with Gasteiger partial charge in [0.1, 0.15) is 0 Å². The zero-order chi connectivity index (χ0) is 15.3. The number of hydrogen-bond acceptors (Lipinski definition) is 3. The molecule has 3 fully saturated rings. The Morgan fingerprint density at radius 3 is 2.55 bits per heavy atom. The molecule has 1 aromatic rings. The van der Waals surface area contributed by atoms with E-state index in [0.717, 1.165) is 30.9 Å². The number of hydrogen-bond donors (Lipinski definition) is 0. The van der Waals surface area contributed by atoms with Gasteiger partial charge in [0.25, 0.3) is 0 Å². The maximum absolute atomic E-state index is 12.9. The third kappa shape index (κ3) is 2.49. The molecule has 0 amide bonds. The van der Waals surface area contributed by atoms with Crippen LogP contribution in [-0.2, 0) is 14.8 Å². The van der Waals surface area contributed by atoms with Crippen LogP contribution in [0.4, 0.5) is 0 Å². The quantitative estimate of drug-likeness (QED) is 0.837. The van der Waals surface area contributed by atoms with Gasteiger partial charge >= 0.3 is 0 Å². The minimum Gasteiger partial charge on any atom is -0.376 e. The Morgan fingerprint density at radius 2 is 1.86 bits per heavy atom. The maximum Gasteiger partial charge on any atom is 0.243 e. The molecule has 120 valence electrons. The molecular formula is C17H23NO3S. The Hall–Kier alpha value is -0.910. The second kappa shape index (κ2) is 5.32. The van der Waals surface area contributed by atoms with Crippen molar-refractivity contribution in [3.63, 3.8) is 0 Å². The number of rotatable bonds is 5. The van der Waals surface area contributed by atoms with Crippen LogP contribution in [0.5, 0.6) is 0 Å². The van der Waals surface area contributed by atoms with Crippen molar-refractivity contribution in [2.45, 2.75) is 49.6 Å². The van der Waals surface area contributed by atoms with Gasteiger partial charge in [-0.3, -0.25) is 0 Å². The standard InChI is InChI=1S/C17H23NO3S/c1-12-2-7-15(8-3-12)22(19,20)18-10-14-6-9-16(18)17(14)21-11-13-4-5-13/h2-3,7-8,13-14,16-17H,4-6,9-11H2,1H3/t14-,16+,17-/m1/s1. The molecule has 22 heavy (non-hydrogen) atoms. The van der Waals surface area contributed by atoms with Crippen molar-refractivity contribution < 1.29 is 13.2 Å². The molecule has 5 heteroatoms. The van der Waals surface area contributed by atoms with Gasteiger partial charge in [-0.25, -0.2) is 8.42 Å². The second-order valence-corrected chi connectivity index (χ2v) is 8.92. The predicted molar refractivity (Wildman–Crippen MR) is 84.0 cm³/mol. The number of sulfonamides is 1. The average Bonchev–Trinajstić information content (AvgIpc) is 3.18. The van der Waals surface area contributed by atoms with Crippen LogP contribution in [0.25, 0.3) is 0 Å². The fourth-order valence-electron chi connectivity index (χ4n) is 3.80. The van der Waals surface area contributed by atoms with E-state index >= 15 is 0 Å². The van der Waals surface area contributed by atoms with Crippen LogP contribution in [0.1, 0.15) is 31.2 Å². The van der Waals surface area contributed by atoms with Gasteiger partial charge < -0.3 is 4.74 Å². The maximum atomic E-state index is 12.9. The highest BCUT2D eigenvalue weighted by Crippen LogP contribution is 2.43. The number of fused-ring (bicyclic) bond motifs is 2. The fourth-order valence-corrected chi connectivity index (χ4v) is 5.52. The molecule has 4 rings (SSSR count). The molecule has 2 aliphatic carbocycles. The third-order valence-electron chi connectivity index (χ3n) is 5.31. The van der Waals surface area contributed by atoms with Gasteiger partial charge in [-0.05, 0) is 50.7 Å². The van der Waals surface area contributed by atoms with Crippen LogP contribution >= 0.6 is 0 Å². The lowest BCUT2D eigenvalue weighted by molar-refractivity contribution is 0.0271. The van der Waals surface area contributed by atoms with E-state index in [1.54, 1.807) is 16.4 Å². The van der Waals surface area contributed by atoms with Gasteiger partial charge in [-0.2, -0.15) is 4.31 Å². The summed E-state index contributed by atoms with van der Waals surface area (Å²) in [5.41, 5.74) is 1.08. The first-order chi connectivity index (χ1) is 10.6. The van der Waals surface area contributed by atoms with Crippen LogP contribution in [0.15, 0.2) is 29.2 Å². The topological polar surface area (TPSA) is 46.6 Å². The minimum absolute atomic E-state index is 0.0371. The van der Waals surface area contributed by atoms with Crippen molar-refractivity contribution in [1.29, 1.82) is 0 Å². The lowest BCUT2D eigenvalue weighted by Crippen LogP contribution is -2.40. The molecule has 0 aromatic heterocycles. The lowest BCUT2D eigenvalue weighted by atomic mass is 10.1. The summed E-state index contributed by atoms with van der Waals surface area (Å²) in [6.07, 6.45) is 4.69. The summed E-state index contributed by atoms with van der Waals surface area (Å²) in [7, 11) is -3.39. The second-order valence-electron chi connectivity index (χ2n) is 7.03. The highest BCUT2D eigenvalue weighted by atomic mass is 32.2. The summed E-state index contributed by atoms with van der Waals surface area (Å²) >= 11 is 0. The van der Waals surface area contributed by atoms with Crippen molar-refractivity contribution in [3.05, 3.63) is 29.8 Å². The molecule has 2 saturated carbocycles. The van der Waals surface area contributed by atoms with E-state index < -0.39 is 10.0 Å². The minimum atomic E-state index is -3.39. The molecule has 1 aliphatic heterocycles. The summed E-state index contributed by atoms with van der Waals surface area (Å²) in [5.74, 6) is 1.10. The smallest absolute Gasteiger partial charge is 0.243 e. The van der Waals surface area contributed by atoms with Crippen LogP contribution in [0, 0.1) is 18.8 Å². The van der Waals surface area contributed by atoms with E-state index in [2.05, 4.69) is 0 Å². The molecule has 0 unspecified atom stereocenters. The number of ether oxygens (including phenoxy) is 1. The van der Waals surface area contributed by atoms with Crippen LogP contribution < -0.4 is 0 Å². The number of aryl methyl sites for hydroxylation is 1. The Labute approximate surface area is 132 Å². The highest BCUT2D eigenvalue weighted by molar-refractivity contribution is 7.89. The molecule has 3 aliphatic rings. The van der Waals surface area contributed by atoms with Crippen LogP contribution in [0.3, 0.4) is 0 Å². The molecule has 1 saturated heterocycles. The molecule has 2 bridgehead atoms. The van der Waals surface area contributed by atoms with E-state index in [-0.39, 0.29) is 12.1 Å². The van der Waals surface area contributed by atoms with Gasteiger partial charge in [-0.15, -0.1) is 0 Å². The van der Waals surface area contributed by atoms with E-state index in [4.69, 9.17) is 4.74 Å². The van der Waals surface area contributed by atoms with Crippen molar-refractivity contribution in [2.24, 2.45) is 11.8 Å². The Balaban J connectivity index is 1.53. The summed E-state index contributed by atoms with van der Waals surface area (Å²) in [4.78, 5) is 0.409. The zero-order valence-corrected chi connectivity index (χ0v) is 13.8. The molecule has 4 nitrogen and oxygen atoms in total. The Bertz CT molecular complexity index is 651.